The molecule has 0 saturated heterocycles. The number of rotatable bonds is 5. The van der Waals surface area contributed by atoms with Crippen molar-refractivity contribution >= 4 is 0 Å². The Morgan fingerprint density at radius 3 is 1.18 bits per heavy atom. The molecule has 404 valence electrons. The Labute approximate surface area is 479 Å². The fourth-order valence-electron chi connectivity index (χ4n) is 10.3. The molecule has 5 heterocycles. The number of pyridine rings is 5. The molecule has 0 aliphatic carbocycles. The Morgan fingerprint density at radius 1 is 0.278 bits per heavy atom. The molecular weight excluding hydrogens is 959 g/mol. The minimum absolute atomic E-state index is 0.363. The van der Waals surface area contributed by atoms with Crippen molar-refractivity contribution in [3.63, 3.8) is 0 Å². The van der Waals surface area contributed by atoms with E-state index in [-0.39, 0.29) is 0 Å². The summed E-state index contributed by atoms with van der Waals surface area (Å²) in [5.41, 5.74) is 30.1. The van der Waals surface area contributed by atoms with Crippen LogP contribution in [0.4, 0.5) is 0 Å². The molecule has 5 aromatic carbocycles. The molecule has 0 radical (unpaired) electrons. The Bertz CT molecular complexity index is 3830. The molecule has 10 aromatic rings. The molecular formula is C74H88N5+5. The van der Waals surface area contributed by atoms with Crippen LogP contribution in [-0.4, -0.2) is 0 Å². The van der Waals surface area contributed by atoms with Crippen molar-refractivity contribution in [3.05, 3.63) is 267 Å². The van der Waals surface area contributed by atoms with Gasteiger partial charge >= 0.3 is 0 Å². The van der Waals surface area contributed by atoms with Gasteiger partial charge in [-0.1, -0.05) is 91.0 Å². The summed E-state index contributed by atoms with van der Waals surface area (Å²) in [5, 5.41) is 0. The summed E-state index contributed by atoms with van der Waals surface area (Å²) in [5.74, 6) is 0. The fourth-order valence-corrected chi connectivity index (χ4v) is 10.3. The van der Waals surface area contributed by atoms with Gasteiger partial charge < -0.3 is 0 Å². The van der Waals surface area contributed by atoms with Crippen molar-refractivity contribution in [2.24, 2.45) is 35.2 Å². The zero-order valence-electron chi connectivity index (χ0n) is 53.6. The third-order valence-corrected chi connectivity index (χ3v) is 15.2. The quantitative estimate of drug-likeness (QED) is 0.153. The average molecular weight is 1050 g/mol. The Balaban J connectivity index is 0.000000165. The second-order valence-electron chi connectivity index (χ2n) is 21.4. The maximum absolute atomic E-state index is 7.41. The summed E-state index contributed by atoms with van der Waals surface area (Å²) in [4.78, 5) is 0. The largest absolute Gasteiger partial charge is 0.215 e. The van der Waals surface area contributed by atoms with E-state index >= 15 is 0 Å². The van der Waals surface area contributed by atoms with Crippen molar-refractivity contribution < 1.29 is 26.9 Å². The molecule has 0 spiro atoms. The molecule has 5 heteroatoms. The van der Waals surface area contributed by atoms with Crippen LogP contribution in [0.3, 0.4) is 0 Å². The van der Waals surface area contributed by atoms with Gasteiger partial charge in [-0.25, -0.2) is 18.3 Å². The summed E-state index contributed by atoms with van der Waals surface area (Å²) >= 11 is 0. The molecule has 10 rings (SSSR count). The van der Waals surface area contributed by atoms with Crippen LogP contribution >= 0.6 is 0 Å². The van der Waals surface area contributed by atoms with E-state index in [9.17, 15) is 0 Å². The molecule has 0 aliphatic rings. The second-order valence-corrected chi connectivity index (χ2v) is 21.4. The van der Waals surface area contributed by atoms with Crippen LogP contribution in [0.2, 0.25) is 0 Å². The summed E-state index contributed by atoms with van der Waals surface area (Å²) in [6, 6.07) is 56.6. The first kappa shape index (κ1) is 55.6. The lowest BCUT2D eigenvalue weighted by molar-refractivity contribution is -0.666. The third kappa shape index (κ3) is 15.1. The molecule has 0 aliphatic heterocycles. The lowest BCUT2D eigenvalue weighted by atomic mass is 9.97. The van der Waals surface area contributed by atoms with E-state index in [1.165, 1.54) is 117 Å². The molecule has 0 unspecified atom stereocenters. The van der Waals surface area contributed by atoms with Gasteiger partial charge in [0.15, 0.2) is 30.5 Å². The molecule has 0 atom stereocenters. The van der Waals surface area contributed by atoms with Crippen LogP contribution < -0.4 is 22.8 Å². The standard InChI is InChI=1S/C16H20N.2C15H18N.2C14H16N/c1-11-8-6-7-9-15(11)16-14(4)13(3)12(2)10-17(16)5;1-11-9-13(3)15(16(4)10-11)14-8-6-5-7-12(14)2;1-11-7-5-6-8-14(11)15-9-12(2)13(3)10-16(15)4;1-11-7-4-5-9-13(11)14-10-6-8-12(2)15(14)3;1-11-8-9-14(15(3)10-11)13-7-5-4-6-12(13)2/h6-10H,1-5H3;2*5-10H,1-4H3;2*4-10H,1-3H3/q5*+1/i;;;;1D3. The first-order valence-corrected chi connectivity index (χ1v) is 27.5. The van der Waals surface area contributed by atoms with Crippen LogP contribution in [-0.2, 0) is 35.2 Å². The topological polar surface area (TPSA) is 19.4 Å². The number of hydrogen-bond acceptors (Lipinski definition) is 0. The SMILES string of the molecule is Cc1cc(-c2ccccc2C)[n+](C)cc1C.Cc1cc(C)c(-c2ccccc2C)[n+](C)c1.Cc1ccccc1-c1c(C)c(C)c(C)c[n+]1C.Cc1ccccc1-c1cccc(C)[n+]1C.[2H]C([2H])([2H])c1ccc(-c2ccccc2C)[n+](C)c1. The van der Waals surface area contributed by atoms with Crippen molar-refractivity contribution in [2.45, 2.75) is 96.9 Å². The summed E-state index contributed by atoms with van der Waals surface area (Å²) in [7, 11) is 10.3. The highest BCUT2D eigenvalue weighted by molar-refractivity contribution is 5.67. The summed E-state index contributed by atoms with van der Waals surface area (Å²) in [6.07, 6.45) is 8.25. The van der Waals surface area contributed by atoms with Gasteiger partial charge in [0.25, 0.3) is 0 Å². The molecule has 0 saturated carbocycles. The molecule has 0 amide bonds. The Kier molecular flexibility index (Phi) is 19.3. The number of nitrogens with zero attached hydrogens (tertiary/aromatic N) is 5. The highest BCUT2D eigenvalue weighted by atomic mass is 14.9. The van der Waals surface area contributed by atoms with Gasteiger partial charge in [-0.3, -0.25) is 0 Å². The Morgan fingerprint density at radius 2 is 0.696 bits per heavy atom. The van der Waals surface area contributed by atoms with Gasteiger partial charge in [-0.15, -0.1) is 0 Å². The predicted molar refractivity (Wildman–Crippen MR) is 332 cm³/mol. The van der Waals surface area contributed by atoms with Crippen molar-refractivity contribution in [3.8, 4) is 56.3 Å². The minimum atomic E-state index is -2.05. The fraction of sp³-hybridized carbons (Fsp3) is 0.257. The highest BCUT2D eigenvalue weighted by Gasteiger charge is 2.20. The van der Waals surface area contributed by atoms with E-state index in [1.807, 2.05) is 48.9 Å². The van der Waals surface area contributed by atoms with Crippen LogP contribution in [0, 0.1) is 96.9 Å². The first-order chi connectivity index (χ1) is 38.8. The van der Waals surface area contributed by atoms with Gasteiger partial charge in [0.1, 0.15) is 35.2 Å². The van der Waals surface area contributed by atoms with Gasteiger partial charge in [0.2, 0.25) is 28.5 Å². The van der Waals surface area contributed by atoms with E-state index in [4.69, 9.17) is 4.11 Å². The number of benzene rings is 5. The van der Waals surface area contributed by atoms with E-state index in [0.29, 0.717) is 5.56 Å². The molecule has 79 heavy (non-hydrogen) atoms. The monoisotopic (exact) mass is 1050 g/mol. The lowest BCUT2D eigenvalue weighted by Gasteiger charge is -2.10. The number of aromatic nitrogens is 5. The molecule has 0 N–H and O–H groups in total. The third-order valence-electron chi connectivity index (χ3n) is 15.2. The summed E-state index contributed by atoms with van der Waals surface area (Å²) in [6.45, 7) is 26.0. The zero-order valence-corrected chi connectivity index (χ0v) is 50.6. The minimum Gasteiger partial charge on any atom is -0.201 e. The van der Waals surface area contributed by atoms with Crippen LogP contribution in [0.15, 0.2) is 189 Å². The predicted octanol–water partition coefficient (Wildman–Crippen LogP) is 15.2. The van der Waals surface area contributed by atoms with Gasteiger partial charge in [0.05, 0.1) is 0 Å². The van der Waals surface area contributed by atoms with E-state index in [2.05, 4.69) is 276 Å². The van der Waals surface area contributed by atoms with Crippen LogP contribution in [0.25, 0.3) is 56.3 Å². The maximum atomic E-state index is 7.41. The van der Waals surface area contributed by atoms with Gasteiger partial charge in [-0.2, -0.15) is 4.57 Å². The van der Waals surface area contributed by atoms with Crippen molar-refractivity contribution in [1.29, 1.82) is 0 Å². The molecule has 0 fully saturated rings. The van der Waals surface area contributed by atoms with E-state index < -0.39 is 6.85 Å². The normalized spacial score (nSPS) is 11.2. The highest BCUT2D eigenvalue weighted by Crippen LogP contribution is 2.27. The Hall–Kier alpha value is -8.15. The molecule has 5 nitrogen and oxygen atoms in total. The van der Waals surface area contributed by atoms with Crippen molar-refractivity contribution in [2.75, 3.05) is 0 Å². The van der Waals surface area contributed by atoms with E-state index in [0.717, 1.165) is 11.3 Å². The second kappa shape index (κ2) is 27.4. The van der Waals surface area contributed by atoms with Crippen molar-refractivity contribution in [1.82, 2.24) is 0 Å². The van der Waals surface area contributed by atoms with Gasteiger partial charge in [0, 0.05) is 96.5 Å². The van der Waals surface area contributed by atoms with Crippen LogP contribution in [0.5, 0.6) is 0 Å². The molecule has 5 aromatic heterocycles. The molecule has 0 bridgehead atoms. The van der Waals surface area contributed by atoms with Crippen LogP contribution in [0.1, 0.15) is 82.1 Å². The lowest BCUT2D eigenvalue weighted by Crippen LogP contribution is -2.34. The summed E-state index contributed by atoms with van der Waals surface area (Å²) < 4.78 is 33.0. The number of aryl methyl sites for hydroxylation is 16. The van der Waals surface area contributed by atoms with Gasteiger partial charge in [-0.05, 0) is 177 Å². The average Bonchev–Trinajstić information content (AvgIpc) is 3.62. The zero-order chi connectivity index (χ0) is 60.2. The van der Waals surface area contributed by atoms with E-state index in [1.54, 1.807) is 12.3 Å². The number of hydrogen-bond donors (Lipinski definition) is 0. The first-order valence-electron chi connectivity index (χ1n) is 29.0. The smallest absolute Gasteiger partial charge is 0.201 e. The maximum Gasteiger partial charge on any atom is 0.215 e.